The Morgan fingerprint density at radius 3 is 3.00 bits per heavy atom. The predicted molar refractivity (Wildman–Crippen MR) is 76.0 cm³/mol. The van der Waals surface area contributed by atoms with Gasteiger partial charge in [0.2, 0.25) is 0 Å². The molecule has 20 heavy (non-hydrogen) atoms. The molecule has 1 aliphatic heterocycles. The van der Waals surface area contributed by atoms with Crippen LogP contribution in [0.15, 0.2) is 30.6 Å². The standard InChI is InChI=1S/C16H19FN2O/c1-2-12-5-6-13(8-16(12)17)14-9-18-19(10-14)11-15-4-3-7-20-15/h5-6,8-10,15H,2-4,7,11H2,1H3/t15-/m1/s1. The number of rotatable bonds is 4. The Balaban J connectivity index is 1.77. The van der Waals surface area contributed by atoms with E-state index in [1.807, 2.05) is 29.9 Å². The van der Waals surface area contributed by atoms with Crippen LogP contribution in [-0.2, 0) is 17.7 Å². The smallest absolute Gasteiger partial charge is 0.127 e. The van der Waals surface area contributed by atoms with Gasteiger partial charge in [-0.05, 0) is 36.5 Å². The molecule has 0 aliphatic carbocycles. The molecule has 1 aromatic carbocycles. The van der Waals surface area contributed by atoms with Crippen molar-refractivity contribution in [1.82, 2.24) is 9.78 Å². The maximum Gasteiger partial charge on any atom is 0.127 e. The number of aromatic nitrogens is 2. The van der Waals surface area contributed by atoms with Gasteiger partial charge >= 0.3 is 0 Å². The van der Waals surface area contributed by atoms with Crippen LogP contribution in [-0.4, -0.2) is 22.5 Å². The summed E-state index contributed by atoms with van der Waals surface area (Å²) in [6.07, 6.45) is 6.95. The minimum Gasteiger partial charge on any atom is -0.376 e. The van der Waals surface area contributed by atoms with E-state index in [1.54, 1.807) is 12.3 Å². The Bertz CT molecular complexity index is 588. The highest BCUT2D eigenvalue weighted by atomic mass is 19.1. The fourth-order valence-corrected chi connectivity index (χ4v) is 2.62. The van der Waals surface area contributed by atoms with Crippen molar-refractivity contribution in [3.8, 4) is 11.1 Å². The molecule has 0 bridgehead atoms. The lowest BCUT2D eigenvalue weighted by Crippen LogP contribution is -2.14. The van der Waals surface area contributed by atoms with Crippen LogP contribution >= 0.6 is 0 Å². The van der Waals surface area contributed by atoms with Gasteiger partial charge in [0.15, 0.2) is 0 Å². The topological polar surface area (TPSA) is 27.1 Å². The molecular weight excluding hydrogens is 255 g/mol. The van der Waals surface area contributed by atoms with Crippen molar-refractivity contribution in [3.63, 3.8) is 0 Å². The first-order chi connectivity index (χ1) is 9.76. The third-order valence-electron chi connectivity index (χ3n) is 3.82. The number of benzene rings is 1. The molecule has 0 spiro atoms. The number of hydrogen-bond acceptors (Lipinski definition) is 2. The van der Waals surface area contributed by atoms with E-state index in [0.29, 0.717) is 6.42 Å². The summed E-state index contributed by atoms with van der Waals surface area (Å²) in [5.74, 6) is -0.142. The second-order valence-electron chi connectivity index (χ2n) is 5.25. The molecule has 0 N–H and O–H groups in total. The summed E-state index contributed by atoms with van der Waals surface area (Å²) < 4.78 is 21.3. The lowest BCUT2D eigenvalue weighted by molar-refractivity contribution is 0.0940. The molecule has 1 atom stereocenters. The van der Waals surface area contributed by atoms with Crippen molar-refractivity contribution in [2.45, 2.75) is 38.8 Å². The van der Waals surface area contributed by atoms with Crippen LogP contribution in [0.1, 0.15) is 25.3 Å². The molecule has 3 rings (SSSR count). The van der Waals surface area contributed by atoms with Crippen molar-refractivity contribution < 1.29 is 9.13 Å². The second kappa shape index (κ2) is 5.75. The fraction of sp³-hybridized carbons (Fsp3) is 0.438. The largest absolute Gasteiger partial charge is 0.376 e. The maximum atomic E-state index is 13.8. The molecule has 0 radical (unpaired) electrons. The number of halogens is 1. The van der Waals surface area contributed by atoms with Gasteiger partial charge in [0.05, 0.1) is 18.8 Å². The lowest BCUT2D eigenvalue weighted by atomic mass is 10.1. The highest BCUT2D eigenvalue weighted by Gasteiger charge is 2.16. The molecule has 2 heterocycles. The van der Waals surface area contributed by atoms with Crippen LogP contribution in [0.25, 0.3) is 11.1 Å². The molecule has 106 valence electrons. The van der Waals surface area contributed by atoms with E-state index in [1.165, 1.54) is 0 Å². The lowest BCUT2D eigenvalue weighted by Gasteiger charge is -2.08. The van der Waals surface area contributed by atoms with Crippen LogP contribution in [0, 0.1) is 5.82 Å². The Labute approximate surface area is 118 Å². The van der Waals surface area contributed by atoms with Crippen LogP contribution in [0.5, 0.6) is 0 Å². The van der Waals surface area contributed by atoms with Crippen molar-refractivity contribution in [1.29, 1.82) is 0 Å². The number of ether oxygens (including phenoxy) is 1. The first-order valence-corrected chi connectivity index (χ1v) is 7.19. The Hall–Kier alpha value is -1.68. The summed E-state index contributed by atoms with van der Waals surface area (Å²) in [6, 6.07) is 5.39. The molecule has 2 aromatic rings. The first-order valence-electron chi connectivity index (χ1n) is 7.19. The molecule has 1 aliphatic rings. The summed E-state index contributed by atoms with van der Waals surface area (Å²) in [5.41, 5.74) is 2.57. The highest BCUT2D eigenvalue weighted by Crippen LogP contribution is 2.22. The van der Waals surface area contributed by atoms with Crippen molar-refractivity contribution in [2.75, 3.05) is 6.61 Å². The number of aryl methyl sites for hydroxylation is 1. The van der Waals surface area contributed by atoms with E-state index in [4.69, 9.17) is 4.74 Å². The number of nitrogens with zero attached hydrogens (tertiary/aromatic N) is 2. The number of hydrogen-bond donors (Lipinski definition) is 0. The molecule has 1 aromatic heterocycles. The van der Waals surface area contributed by atoms with E-state index in [2.05, 4.69) is 5.10 Å². The van der Waals surface area contributed by atoms with Crippen LogP contribution in [0.4, 0.5) is 4.39 Å². The Kier molecular flexibility index (Phi) is 3.83. The summed E-state index contributed by atoms with van der Waals surface area (Å²) in [6.45, 7) is 3.58. The third-order valence-corrected chi connectivity index (χ3v) is 3.82. The van der Waals surface area contributed by atoms with E-state index in [9.17, 15) is 4.39 Å². The average Bonchev–Trinajstić information content (AvgIpc) is 3.11. The summed E-state index contributed by atoms with van der Waals surface area (Å²) in [7, 11) is 0. The molecular formula is C16H19FN2O. The van der Waals surface area contributed by atoms with Gasteiger partial charge in [-0.3, -0.25) is 4.68 Å². The summed E-state index contributed by atoms with van der Waals surface area (Å²) >= 11 is 0. The maximum absolute atomic E-state index is 13.8. The van der Waals surface area contributed by atoms with E-state index in [-0.39, 0.29) is 11.9 Å². The van der Waals surface area contributed by atoms with Crippen molar-refractivity contribution in [2.24, 2.45) is 0 Å². The molecule has 0 amide bonds. The van der Waals surface area contributed by atoms with E-state index < -0.39 is 0 Å². The zero-order valence-electron chi connectivity index (χ0n) is 11.7. The Morgan fingerprint density at radius 2 is 2.30 bits per heavy atom. The summed E-state index contributed by atoms with van der Waals surface area (Å²) in [5, 5.41) is 4.34. The molecule has 0 saturated carbocycles. The monoisotopic (exact) mass is 274 g/mol. The molecule has 0 unspecified atom stereocenters. The zero-order chi connectivity index (χ0) is 13.9. The Morgan fingerprint density at radius 1 is 1.40 bits per heavy atom. The van der Waals surface area contributed by atoms with Gasteiger partial charge in [0.1, 0.15) is 5.82 Å². The SMILES string of the molecule is CCc1ccc(-c2cnn(C[C@H]3CCCO3)c2)cc1F. The van der Waals surface area contributed by atoms with Gasteiger partial charge in [-0.15, -0.1) is 0 Å². The minimum atomic E-state index is -0.142. The second-order valence-corrected chi connectivity index (χ2v) is 5.25. The van der Waals surface area contributed by atoms with Crippen LogP contribution in [0.3, 0.4) is 0 Å². The minimum absolute atomic E-state index is 0.142. The molecule has 3 nitrogen and oxygen atoms in total. The fourth-order valence-electron chi connectivity index (χ4n) is 2.62. The zero-order valence-corrected chi connectivity index (χ0v) is 11.7. The van der Waals surface area contributed by atoms with E-state index in [0.717, 1.165) is 42.7 Å². The predicted octanol–water partition coefficient (Wildman–Crippen LogP) is 3.43. The van der Waals surface area contributed by atoms with Gasteiger partial charge in [-0.1, -0.05) is 19.1 Å². The van der Waals surface area contributed by atoms with Gasteiger partial charge in [0, 0.05) is 18.4 Å². The highest BCUT2D eigenvalue weighted by molar-refractivity contribution is 5.62. The summed E-state index contributed by atoms with van der Waals surface area (Å²) in [4.78, 5) is 0. The average molecular weight is 274 g/mol. The van der Waals surface area contributed by atoms with Crippen LogP contribution < -0.4 is 0 Å². The normalized spacial score (nSPS) is 18.6. The van der Waals surface area contributed by atoms with Crippen molar-refractivity contribution >= 4 is 0 Å². The molecule has 1 fully saturated rings. The van der Waals surface area contributed by atoms with Crippen molar-refractivity contribution in [3.05, 3.63) is 42.0 Å². The van der Waals surface area contributed by atoms with Gasteiger partial charge in [0.25, 0.3) is 0 Å². The van der Waals surface area contributed by atoms with Gasteiger partial charge in [-0.25, -0.2) is 4.39 Å². The third kappa shape index (κ3) is 2.75. The van der Waals surface area contributed by atoms with E-state index >= 15 is 0 Å². The van der Waals surface area contributed by atoms with Gasteiger partial charge < -0.3 is 4.74 Å². The molecule has 4 heteroatoms. The molecule has 1 saturated heterocycles. The van der Waals surface area contributed by atoms with Gasteiger partial charge in [-0.2, -0.15) is 5.10 Å². The van der Waals surface area contributed by atoms with Crippen LogP contribution in [0.2, 0.25) is 0 Å². The quantitative estimate of drug-likeness (QED) is 0.854. The first kappa shape index (κ1) is 13.3.